The molecule has 4 nitrogen and oxygen atoms in total. The van der Waals surface area contributed by atoms with E-state index >= 15 is 0 Å². The van der Waals surface area contributed by atoms with Gasteiger partial charge in [0.25, 0.3) is 0 Å². The fraction of sp³-hybridized carbons (Fsp3) is 1.00. The Morgan fingerprint density at radius 2 is 1.92 bits per heavy atom. The lowest BCUT2D eigenvalue weighted by Gasteiger charge is -2.17. The third-order valence-electron chi connectivity index (χ3n) is 1.96. The average Bonchev–Trinajstić information content (AvgIpc) is 2.03. The second kappa shape index (κ2) is 5.57. The van der Waals surface area contributed by atoms with Gasteiger partial charge in [0.05, 0.1) is 5.25 Å². The molecule has 13 heavy (non-hydrogen) atoms. The van der Waals surface area contributed by atoms with Gasteiger partial charge in [-0.15, -0.1) is 0 Å². The summed E-state index contributed by atoms with van der Waals surface area (Å²) in [6, 6.07) is -0.0163. The molecular formula is C8H20N2O2S. The van der Waals surface area contributed by atoms with E-state index in [9.17, 15) is 8.42 Å². The zero-order chi connectivity index (χ0) is 10.5. The summed E-state index contributed by atoms with van der Waals surface area (Å²) in [5, 5.41) is -0.376. The van der Waals surface area contributed by atoms with Gasteiger partial charge in [-0.1, -0.05) is 6.92 Å². The third-order valence-corrected chi connectivity index (χ3v) is 3.86. The van der Waals surface area contributed by atoms with E-state index in [4.69, 9.17) is 5.73 Å². The van der Waals surface area contributed by atoms with Gasteiger partial charge in [-0.25, -0.2) is 13.1 Å². The second-order valence-electron chi connectivity index (χ2n) is 3.39. The van der Waals surface area contributed by atoms with E-state index in [0.717, 1.165) is 6.42 Å². The minimum atomic E-state index is -3.14. The number of hydrogen-bond donors (Lipinski definition) is 2. The molecule has 0 spiro atoms. The van der Waals surface area contributed by atoms with Crippen LogP contribution in [0.25, 0.3) is 0 Å². The van der Waals surface area contributed by atoms with Crippen molar-refractivity contribution in [3.8, 4) is 0 Å². The lowest BCUT2D eigenvalue weighted by molar-refractivity contribution is 0.515. The molecule has 3 N–H and O–H groups in total. The Kier molecular flexibility index (Phi) is 5.51. The molecule has 0 aliphatic carbocycles. The molecular weight excluding hydrogens is 188 g/mol. The minimum absolute atomic E-state index is 0.0163. The molecule has 1 atom stereocenters. The van der Waals surface area contributed by atoms with Crippen LogP contribution in [-0.2, 0) is 10.0 Å². The molecule has 0 aliphatic rings. The summed E-state index contributed by atoms with van der Waals surface area (Å²) in [5.41, 5.74) is 5.37. The van der Waals surface area contributed by atoms with E-state index in [-0.39, 0.29) is 11.3 Å². The summed E-state index contributed by atoms with van der Waals surface area (Å²) in [4.78, 5) is 0. The van der Waals surface area contributed by atoms with Crippen molar-refractivity contribution >= 4 is 10.0 Å². The Balaban J connectivity index is 4.23. The van der Waals surface area contributed by atoms with Crippen LogP contribution >= 0.6 is 0 Å². The molecule has 0 radical (unpaired) electrons. The molecule has 0 saturated carbocycles. The normalized spacial score (nSPS) is 14.8. The van der Waals surface area contributed by atoms with Crippen LogP contribution in [0.2, 0.25) is 0 Å². The number of sulfonamides is 1. The second-order valence-corrected chi connectivity index (χ2v) is 5.66. The summed E-state index contributed by atoms with van der Waals surface area (Å²) >= 11 is 0. The van der Waals surface area contributed by atoms with Crippen LogP contribution < -0.4 is 10.5 Å². The Labute approximate surface area is 80.9 Å². The SMILES string of the molecule is CCC(CCN)NS(=O)(=O)C(C)C. The highest BCUT2D eigenvalue weighted by molar-refractivity contribution is 7.90. The molecule has 0 bridgehead atoms. The Hall–Kier alpha value is -0.130. The molecule has 0 rings (SSSR count). The van der Waals surface area contributed by atoms with Gasteiger partial charge in [-0.3, -0.25) is 0 Å². The molecule has 5 heteroatoms. The van der Waals surface area contributed by atoms with Crippen LogP contribution in [0.4, 0.5) is 0 Å². The van der Waals surface area contributed by atoms with Crippen molar-refractivity contribution in [2.24, 2.45) is 5.73 Å². The van der Waals surface area contributed by atoms with Crippen molar-refractivity contribution in [3.63, 3.8) is 0 Å². The predicted molar refractivity (Wildman–Crippen MR) is 54.9 cm³/mol. The highest BCUT2D eigenvalue weighted by Gasteiger charge is 2.19. The highest BCUT2D eigenvalue weighted by atomic mass is 32.2. The third kappa shape index (κ3) is 4.59. The van der Waals surface area contributed by atoms with E-state index in [0.29, 0.717) is 13.0 Å². The van der Waals surface area contributed by atoms with Crippen molar-refractivity contribution in [2.45, 2.75) is 44.9 Å². The summed E-state index contributed by atoms with van der Waals surface area (Å²) in [7, 11) is -3.14. The van der Waals surface area contributed by atoms with Crippen LogP contribution in [0.5, 0.6) is 0 Å². The molecule has 0 heterocycles. The van der Waals surface area contributed by atoms with Gasteiger partial charge in [-0.2, -0.15) is 0 Å². The first-order valence-electron chi connectivity index (χ1n) is 4.65. The molecule has 0 aromatic carbocycles. The maximum atomic E-state index is 11.4. The molecule has 0 aromatic heterocycles. The highest BCUT2D eigenvalue weighted by Crippen LogP contribution is 2.03. The van der Waals surface area contributed by atoms with Crippen molar-refractivity contribution < 1.29 is 8.42 Å². The van der Waals surface area contributed by atoms with E-state index in [1.807, 2.05) is 6.92 Å². The molecule has 0 aliphatic heterocycles. The van der Waals surface area contributed by atoms with Gasteiger partial charge in [-0.05, 0) is 33.2 Å². The Morgan fingerprint density at radius 3 is 2.23 bits per heavy atom. The van der Waals surface area contributed by atoms with E-state index < -0.39 is 10.0 Å². The van der Waals surface area contributed by atoms with Crippen molar-refractivity contribution in [1.82, 2.24) is 4.72 Å². The number of hydrogen-bond acceptors (Lipinski definition) is 3. The van der Waals surface area contributed by atoms with Gasteiger partial charge in [0.1, 0.15) is 0 Å². The first-order chi connectivity index (χ1) is 5.94. The zero-order valence-electron chi connectivity index (χ0n) is 8.58. The van der Waals surface area contributed by atoms with E-state index in [1.54, 1.807) is 13.8 Å². The molecule has 0 aromatic rings. The molecule has 0 saturated heterocycles. The molecule has 0 amide bonds. The van der Waals surface area contributed by atoms with Gasteiger partial charge in [0.15, 0.2) is 0 Å². The maximum Gasteiger partial charge on any atom is 0.214 e. The van der Waals surface area contributed by atoms with Crippen LogP contribution in [0.1, 0.15) is 33.6 Å². The fourth-order valence-corrected chi connectivity index (χ4v) is 1.94. The van der Waals surface area contributed by atoms with Crippen LogP contribution in [0.15, 0.2) is 0 Å². The van der Waals surface area contributed by atoms with Crippen molar-refractivity contribution in [3.05, 3.63) is 0 Å². The standard InChI is InChI=1S/C8H20N2O2S/c1-4-8(5-6-9)10-13(11,12)7(2)3/h7-8,10H,4-6,9H2,1-3H3. The number of nitrogens with two attached hydrogens (primary N) is 1. The fourth-order valence-electron chi connectivity index (χ4n) is 0.916. The smallest absolute Gasteiger partial charge is 0.214 e. The number of nitrogens with one attached hydrogen (secondary N) is 1. The minimum Gasteiger partial charge on any atom is -0.330 e. The lowest BCUT2D eigenvalue weighted by atomic mass is 10.2. The van der Waals surface area contributed by atoms with E-state index in [2.05, 4.69) is 4.72 Å². The molecule has 80 valence electrons. The van der Waals surface area contributed by atoms with Crippen molar-refractivity contribution in [2.75, 3.05) is 6.54 Å². The number of rotatable bonds is 6. The largest absolute Gasteiger partial charge is 0.330 e. The lowest BCUT2D eigenvalue weighted by Crippen LogP contribution is -2.39. The van der Waals surface area contributed by atoms with Crippen molar-refractivity contribution in [1.29, 1.82) is 0 Å². The average molecular weight is 208 g/mol. The van der Waals surface area contributed by atoms with Gasteiger partial charge >= 0.3 is 0 Å². The van der Waals surface area contributed by atoms with Crippen LogP contribution in [0.3, 0.4) is 0 Å². The summed E-state index contributed by atoms with van der Waals surface area (Å²) in [6.07, 6.45) is 1.48. The first kappa shape index (κ1) is 12.9. The van der Waals surface area contributed by atoms with Crippen LogP contribution in [0, 0.1) is 0 Å². The summed E-state index contributed by atoms with van der Waals surface area (Å²) in [5.74, 6) is 0. The quantitative estimate of drug-likeness (QED) is 0.665. The first-order valence-corrected chi connectivity index (χ1v) is 6.19. The van der Waals surface area contributed by atoms with E-state index in [1.165, 1.54) is 0 Å². The molecule has 1 unspecified atom stereocenters. The molecule has 0 fully saturated rings. The zero-order valence-corrected chi connectivity index (χ0v) is 9.39. The summed E-state index contributed by atoms with van der Waals surface area (Å²) < 4.78 is 25.5. The topological polar surface area (TPSA) is 72.2 Å². The Bertz CT molecular complexity index is 224. The monoisotopic (exact) mass is 208 g/mol. The summed E-state index contributed by atoms with van der Waals surface area (Å²) in [6.45, 7) is 5.79. The Morgan fingerprint density at radius 1 is 1.38 bits per heavy atom. The van der Waals surface area contributed by atoms with Gasteiger partial charge < -0.3 is 5.73 Å². The maximum absolute atomic E-state index is 11.4. The predicted octanol–water partition coefficient (Wildman–Crippen LogP) is 0.442. The van der Waals surface area contributed by atoms with Crippen LogP contribution in [-0.4, -0.2) is 26.3 Å². The van der Waals surface area contributed by atoms with Gasteiger partial charge in [0.2, 0.25) is 10.0 Å². The van der Waals surface area contributed by atoms with Gasteiger partial charge in [0, 0.05) is 6.04 Å².